The van der Waals surface area contributed by atoms with Crippen LogP contribution in [0, 0.1) is 6.92 Å². The molecule has 0 atom stereocenters. The van der Waals surface area contributed by atoms with Crippen LogP contribution in [0.3, 0.4) is 0 Å². The zero-order valence-electron chi connectivity index (χ0n) is 9.29. The number of nitrogens with zero attached hydrogens (tertiary/aromatic N) is 1. The van der Waals surface area contributed by atoms with Gasteiger partial charge in [0.2, 0.25) is 5.88 Å². The highest BCUT2D eigenvalue weighted by atomic mass is 16.5. The Morgan fingerprint density at radius 3 is 2.50 bits per heavy atom. The molecule has 0 unspecified atom stereocenters. The van der Waals surface area contributed by atoms with Crippen LogP contribution in [0.5, 0.6) is 5.88 Å². The van der Waals surface area contributed by atoms with Crippen LogP contribution in [0.15, 0.2) is 12.1 Å². The molecule has 1 aromatic rings. The lowest BCUT2D eigenvalue weighted by Gasteiger charge is -2.20. The van der Waals surface area contributed by atoms with E-state index in [2.05, 4.69) is 4.98 Å². The molecule has 0 saturated carbocycles. The third-order valence-electron chi connectivity index (χ3n) is 1.64. The van der Waals surface area contributed by atoms with E-state index in [9.17, 15) is 0 Å². The quantitative estimate of drug-likeness (QED) is 0.783. The number of ether oxygens (including phenoxy) is 1. The summed E-state index contributed by atoms with van der Waals surface area (Å²) < 4.78 is 5.66. The van der Waals surface area contributed by atoms with Crippen molar-refractivity contribution in [3.05, 3.63) is 23.4 Å². The van der Waals surface area contributed by atoms with Gasteiger partial charge in [0.1, 0.15) is 5.60 Å². The summed E-state index contributed by atoms with van der Waals surface area (Å²) >= 11 is 0. The molecule has 1 rings (SSSR count). The summed E-state index contributed by atoms with van der Waals surface area (Å²) in [5.41, 5.74) is 7.34. The lowest BCUT2D eigenvalue weighted by molar-refractivity contribution is 0.124. The molecule has 0 amide bonds. The summed E-state index contributed by atoms with van der Waals surface area (Å²) in [6.45, 7) is 8.45. The standard InChI is InChI=1S/C11H18N2O/c1-8-5-9(7-12)6-10(13-8)14-11(2,3)4/h5-6H,7,12H2,1-4H3. The van der Waals surface area contributed by atoms with E-state index in [4.69, 9.17) is 10.5 Å². The normalized spacial score (nSPS) is 11.5. The second-order valence-corrected chi connectivity index (χ2v) is 4.37. The first kappa shape index (κ1) is 11.0. The van der Waals surface area contributed by atoms with E-state index in [-0.39, 0.29) is 5.60 Å². The summed E-state index contributed by atoms with van der Waals surface area (Å²) in [5, 5.41) is 0. The molecule has 0 aliphatic carbocycles. The van der Waals surface area contributed by atoms with Gasteiger partial charge in [-0.25, -0.2) is 4.98 Å². The van der Waals surface area contributed by atoms with Crippen LogP contribution in [-0.4, -0.2) is 10.6 Å². The summed E-state index contributed by atoms with van der Waals surface area (Å²) in [5.74, 6) is 0.651. The largest absolute Gasteiger partial charge is 0.472 e. The lowest BCUT2D eigenvalue weighted by Crippen LogP contribution is -2.23. The monoisotopic (exact) mass is 194 g/mol. The molecule has 3 nitrogen and oxygen atoms in total. The third kappa shape index (κ3) is 3.34. The van der Waals surface area contributed by atoms with Crippen LogP contribution in [0.25, 0.3) is 0 Å². The Labute approximate surface area is 85.3 Å². The van der Waals surface area contributed by atoms with Crippen molar-refractivity contribution < 1.29 is 4.74 Å². The number of rotatable bonds is 2. The maximum atomic E-state index is 5.66. The van der Waals surface area contributed by atoms with Crippen LogP contribution in [0.2, 0.25) is 0 Å². The highest BCUT2D eigenvalue weighted by Gasteiger charge is 2.13. The Morgan fingerprint density at radius 2 is 2.00 bits per heavy atom. The second-order valence-electron chi connectivity index (χ2n) is 4.37. The summed E-state index contributed by atoms with van der Waals surface area (Å²) in [7, 11) is 0. The Morgan fingerprint density at radius 1 is 1.36 bits per heavy atom. The molecule has 0 aromatic carbocycles. The van der Waals surface area contributed by atoms with E-state index < -0.39 is 0 Å². The maximum absolute atomic E-state index is 5.66. The van der Waals surface area contributed by atoms with Crippen molar-refractivity contribution in [1.82, 2.24) is 4.98 Å². The Bertz CT molecular complexity index is 316. The van der Waals surface area contributed by atoms with Gasteiger partial charge < -0.3 is 10.5 Å². The molecule has 0 fully saturated rings. The first-order chi connectivity index (χ1) is 6.40. The molecular weight excluding hydrogens is 176 g/mol. The Balaban J connectivity index is 2.92. The molecule has 3 heteroatoms. The molecule has 0 aliphatic heterocycles. The number of nitrogens with two attached hydrogens (primary N) is 1. The average molecular weight is 194 g/mol. The van der Waals surface area contributed by atoms with Crippen molar-refractivity contribution in [1.29, 1.82) is 0 Å². The molecule has 14 heavy (non-hydrogen) atoms. The first-order valence-corrected chi connectivity index (χ1v) is 4.77. The number of hydrogen-bond acceptors (Lipinski definition) is 3. The topological polar surface area (TPSA) is 48.1 Å². The van der Waals surface area contributed by atoms with E-state index in [0.717, 1.165) is 11.3 Å². The van der Waals surface area contributed by atoms with Crippen molar-refractivity contribution in [3.8, 4) is 5.88 Å². The van der Waals surface area contributed by atoms with Gasteiger partial charge in [-0.3, -0.25) is 0 Å². The fourth-order valence-corrected chi connectivity index (χ4v) is 1.19. The molecule has 1 aromatic heterocycles. The molecule has 0 bridgehead atoms. The smallest absolute Gasteiger partial charge is 0.214 e. The molecular formula is C11H18N2O. The second kappa shape index (κ2) is 3.96. The zero-order valence-corrected chi connectivity index (χ0v) is 9.29. The van der Waals surface area contributed by atoms with Gasteiger partial charge in [-0.05, 0) is 39.3 Å². The maximum Gasteiger partial charge on any atom is 0.214 e. The van der Waals surface area contributed by atoms with Crippen LogP contribution < -0.4 is 10.5 Å². The van der Waals surface area contributed by atoms with E-state index in [0.29, 0.717) is 12.4 Å². The van der Waals surface area contributed by atoms with Crippen LogP contribution in [0.4, 0.5) is 0 Å². The minimum Gasteiger partial charge on any atom is -0.472 e. The highest BCUT2D eigenvalue weighted by molar-refractivity contribution is 5.24. The fourth-order valence-electron chi connectivity index (χ4n) is 1.19. The highest BCUT2D eigenvalue weighted by Crippen LogP contribution is 2.17. The Kier molecular flexibility index (Phi) is 3.11. The minimum absolute atomic E-state index is 0.216. The molecule has 0 spiro atoms. The van der Waals surface area contributed by atoms with E-state index in [1.165, 1.54) is 0 Å². The van der Waals surface area contributed by atoms with Crippen molar-refractivity contribution >= 4 is 0 Å². The summed E-state index contributed by atoms with van der Waals surface area (Å²) in [6, 6.07) is 3.85. The molecule has 0 saturated heterocycles. The molecule has 78 valence electrons. The molecule has 0 aliphatic rings. The van der Waals surface area contributed by atoms with Gasteiger partial charge in [0, 0.05) is 18.3 Å². The van der Waals surface area contributed by atoms with Gasteiger partial charge >= 0.3 is 0 Å². The zero-order chi connectivity index (χ0) is 10.8. The van der Waals surface area contributed by atoms with Gasteiger partial charge in [-0.15, -0.1) is 0 Å². The number of aromatic nitrogens is 1. The van der Waals surface area contributed by atoms with Gasteiger partial charge in [-0.1, -0.05) is 0 Å². The summed E-state index contributed by atoms with van der Waals surface area (Å²) in [6.07, 6.45) is 0. The van der Waals surface area contributed by atoms with Crippen molar-refractivity contribution in [3.63, 3.8) is 0 Å². The predicted molar refractivity (Wildman–Crippen MR) is 57.2 cm³/mol. The van der Waals surface area contributed by atoms with Gasteiger partial charge in [0.25, 0.3) is 0 Å². The van der Waals surface area contributed by atoms with Crippen LogP contribution in [-0.2, 0) is 6.54 Å². The fraction of sp³-hybridized carbons (Fsp3) is 0.545. The first-order valence-electron chi connectivity index (χ1n) is 4.77. The Hall–Kier alpha value is -1.09. The predicted octanol–water partition coefficient (Wildman–Crippen LogP) is 2.03. The molecule has 0 radical (unpaired) electrons. The number of pyridine rings is 1. The average Bonchev–Trinajstić information content (AvgIpc) is 1.99. The number of hydrogen-bond donors (Lipinski definition) is 1. The van der Waals surface area contributed by atoms with Crippen molar-refractivity contribution in [2.75, 3.05) is 0 Å². The summed E-state index contributed by atoms with van der Waals surface area (Å²) in [4.78, 5) is 4.29. The van der Waals surface area contributed by atoms with Crippen molar-refractivity contribution in [2.45, 2.75) is 39.8 Å². The van der Waals surface area contributed by atoms with Crippen LogP contribution >= 0.6 is 0 Å². The van der Waals surface area contributed by atoms with E-state index in [1.54, 1.807) is 0 Å². The van der Waals surface area contributed by atoms with Crippen molar-refractivity contribution in [2.24, 2.45) is 5.73 Å². The number of aryl methyl sites for hydroxylation is 1. The minimum atomic E-state index is -0.216. The van der Waals surface area contributed by atoms with E-state index >= 15 is 0 Å². The van der Waals surface area contributed by atoms with Gasteiger partial charge in [0.05, 0.1) is 0 Å². The van der Waals surface area contributed by atoms with Gasteiger partial charge in [-0.2, -0.15) is 0 Å². The lowest BCUT2D eigenvalue weighted by atomic mass is 10.2. The third-order valence-corrected chi connectivity index (χ3v) is 1.64. The van der Waals surface area contributed by atoms with Crippen LogP contribution in [0.1, 0.15) is 32.0 Å². The molecule has 1 heterocycles. The molecule has 2 N–H and O–H groups in total. The van der Waals surface area contributed by atoms with E-state index in [1.807, 2.05) is 39.8 Å². The van der Waals surface area contributed by atoms with Gasteiger partial charge in [0.15, 0.2) is 0 Å². The SMILES string of the molecule is Cc1cc(CN)cc(OC(C)(C)C)n1.